The van der Waals surface area contributed by atoms with E-state index in [9.17, 15) is 9.59 Å². The van der Waals surface area contributed by atoms with Crippen molar-refractivity contribution in [2.45, 2.75) is 26.5 Å². The number of anilines is 1. The molecule has 0 bridgehead atoms. The minimum absolute atomic E-state index is 0.122. The molecule has 3 rings (SSSR count). The van der Waals surface area contributed by atoms with E-state index in [1.807, 2.05) is 30.3 Å². The van der Waals surface area contributed by atoms with Crippen LogP contribution < -0.4 is 5.32 Å². The zero-order valence-electron chi connectivity index (χ0n) is 16.2. The van der Waals surface area contributed by atoms with Crippen LogP contribution in [0.15, 0.2) is 48.5 Å². The van der Waals surface area contributed by atoms with Crippen LogP contribution in [-0.2, 0) is 16.1 Å². The van der Waals surface area contributed by atoms with Gasteiger partial charge in [-0.2, -0.15) is 5.10 Å². The van der Waals surface area contributed by atoms with Gasteiger partial charge in [0.05, 0.1) is 22.9 Å². The smallest absolute Gasteiger partial charge is 0.343 e. The van der Waals surface area contributed by atoms with Crippen molar-refractivity contribution in [2.24, 2.45) is 0 Å². The highest BCUT2D eigenvalue weighted by molar-refractivity contribution is 6.36. The number of nitrogens with one attached hydrogen (secondary N) is 1. The first kappa shape index (κ1) is 22.2. The van der Waals surface area contributed by atoms with Gasteiger partial charge in [-0.05, 0) is 37.6 Å². The fourth-order valence-corrected chi connectivity index (χ4v) is 3.51. The van der Waals surface area contributed by atoms with Crippen LogP contribution in [0.1, 0.15) is 28.5 Å². The standard InChI is InChI=1S/C21H18Cl3N3O3/c1-12-18(19(24)27(26-12)11-14-6-4-3-5-7-14)21(29)30-13(2)20(28)25-17-9-8-15(22)10-16(17)23/h3-10,13H,11H2,1-2H3,(H,25,28). The number of rotatable bonds is 6. The monoisotopic (exact) mass is 465 g/mol. The van der Waals surface area contributed by atoms with Crippen molar-refractivity contribution in [3.05, 3.63) is 80.6 Å². The molecule has 1 amide bonds. The number of ether oxygens (including phenoxy) is 1. The molecule has 0 aliphatic rings. The fourth-order valence-electron chi connectivity index (χ4n) is 2.74. The van der Waals surface area contributed by atoms with Crippen molar-refractivity contribution in [1.29, 1.82) is 0 Å². The van der Waals surface area contributed by atoms with Crippen LogP contribution in [0.2, 0.25) is 15.2 Å². The van der Waals surface area contributed by atoms with Gasteiger partial charge in [-0.25, -0.2) is 9.48 Å². The first-order valence-corrected chi connectivity index (χ1v) is 10.1. The summed E-state index contributed by atoms with van der Waals surface area (Å²) in [5, 5.41) is 7.78. The number of hydrogen-bond acceptors (Lipinski definition) is 4. The maximum atomic E-state index is 12.6. The largest absolute Gasteiger partial charge is 0.449 e. The van der Waals surface area contributed by atoms with E-state index < -0.39 is 18.0 Å². The van der Waals surface area contributed by atoms with Crippen molar-refractivity contribution in [1.82, 2.24) is 9.78 Å². The molecule has 3 aromatic rings. The number of carbonyl (C=O) groups excluding carboxylic acids is 2. The van der Waals surface area contributed by atoms with E-state index in [-0.39, 0.29) is 15.7 Å². The molecule has 1 heterocycles. The van der Waals surface area contributed by atoms with Crippen molar-refractivity contribution < 1.29 is 14.3 Å². The molecular formula is C21H18Cl3N3O3. The van der Waals surface area contributed by atoms with Crippen LogP contribution in [0.25, 0.3) is 0 Å². The van der Waals surface area contributed by atoms with Gasteiger partial charge in [0.1, 0.15) is 10.7 Å². The lowest BCUT2D eigenvalue weighted by atomic mass is 10.2. The predicted octanol–water partition coefficient (Wildman–Crippen LogP) is 5.38. The third-order valence-corrected chi connectivity index (χ3v) is 5.22. The summed E-state index contributed by atoms with van der Waals surface area (Å²) < 4.78 is 6.82. The number of aryl methyl sites for hydroxylation is 1. The Bertz CT molecular complexity index is 1080. The van der Waals surface area contributed by atoms with Crippen molar-refractivity contribution in [2.75, 3.05) is 5.32 Å². The van der Waals surface area contributed by atoms with Gasteiger partial charge in [-0.3, -0.25) is 4.79 Å². The predicted molar refractivity (Wildman–Crippen MR) is 117 cm³/mol. The molecule has 0 fully saturated rings. The lowest BCUT2D eigenvalue weighted by Gasteiger charge is -2.14. The molecule has 9 heteroatoms. The molecule has 30 heavy (non-hydrogen) atoms. The Morgan fingerprint density at radius 2 is 1.83 bits per heavy atom. The second-order valence-electron chi connectivity index (χ2n) is 6.56. The number of aromatic nitrogens is 2. The Hall–Kier alpha value is -2.54. The molecule has 1 atom stereocenters. The normalized spacial score (nSPS) is 11.8. The molecule has 156 valence electrons. The summed E-state index contributed by atoms with van der Waals surface area (Å²) in [6.07, 6.45) is -1.09. The van der Waals surface area contributed by atoms with Crippen LogP contribution in [0, 0.1) is 6.92 Å². The van der Waals surface area contributed by atoms with E-state index in [4.69, 9.17) is 39.5 Å². The SMILES string of the molecule is Cc1nn(Cc2ccccc2)c(Cl)c1C(=O)OC(C)C(=O)Nc1ccc(Cl)cc1Cl. The first-order valence-electron chi connectivity index (χ1n) is 9.00. The number of amides is 1. The van der Waals surface area contributed by atoms with E-state index in [2.05, 4.69) is 10.4 Å². The van der Waals surface area contributed by atoms with Crippen LogP contribution in [-0.4, -0.2) is 27.8 Å². The van der Waals surface area contributed by atoms with E-state index in [0.29, 0.717) is 22.9 Å². The van der Waals surface area contributed by atoms with Gasteiger partial charge in [0.25, 0.3) is 5.91 Å². The quantitative estimate of drug-likeness (QED) is 0.495. The van der Waals surface area contributed by atoms with Gasteiger partial charge < -0.3 is 10.1 Å². The molecule has 0 saturated carbocycles. The van der Waals surface area contributed by atoms with Gasteiger partial charge in [0.2, 0.25) is 0 Å². The van der Waals surface area contributed by atoms with Crippen molar-refractivity contribution in [3.63, 3.8) is 0 Å². The van der Waals surface area contributed by atoms with E-state index in [0.717, 1.165) is 5.56 Å². The molecule has 1 aromatic heterocycles. The Morgan fingerprint density at radius 1 is 1.13 bits per heavy atom. The average molecular weight is 467 g/mol. The maximum Gasteiger partial charge on any atom is 0.343 e. The number of carbonyl (C=O) groups is 2. The molecule has 0 spiro atoms. The number of halogens is 3. The van der Waals surface area contributed by atoms with Gasteiger partial charge in [0.15, 0.2) is 6.10 Å². The molecule has 6 nitrogen and oxygen atoms in total. The Labute approximate surface area is 188 Å². The molecule has 0 aliphatic carbocycles. The highest BCUT2D eigenvalue weighted by Crippen LogP contribution is 2.26. The van der Waals surface area contributed by atoms with Crippen molar-refractivity contribution in [3.8, 4) is 0 Å². The summed E-state index contributed by atoms with van der Waals surface area (Å²) in [5.41, 5.74) is 1.87. The number of hydrogen-bond donors (Lipinski definition) is 1. The molecule has 1 unspecified atom stereocenters. The topological polar surface area (TPSA) is 73.2 Å². The zero-order valence-corrected chi connectivity index (χ0v) is 18.4. The summed E-state index contributed by atoms with van der Waals surface area (Å²) in [6.45, 7) is 3.51. The molecule has 0 aliphatic heterocycles. The zero-order chi connectivity index (χ0) is 21.8. The van der Waals surface area contributed by atoms with E-state index >= 15 is 0 Å². The molecule has 0 radical (unpaired) electrons. The summed E-state index contributed by atoms with van der Waals surface area (Å²) in [4.78, 5) is 25.0. The third kappa shape index (κ3) is 5.14. The molecule has 0 saturated heterocycles. The average Bonchev–Trinajstić information content (AvgIpc) is 2.97. The third-order valence-electron chi connectivity index (χ3n) is 4.29. The number of benzene rings is 2. The molecular weight excluding hydrogens is 449 g/mol. The Kier molecular flexibility index (Phi) is 7.02. The second kappa shape index (κ2) is 9.51. The minimum atomic E-state index is -1.09. The van der Waals surface area contributed by atoms with Crippen LogP contribution in [0.5, 0.6) is 0 Å². The van der Waals surface area contributed by atoms with Crippen molar-refractivity contribution >= 4 is 52.4 Å². The summed E-state index contributed by atoms with van der Waals surface area (Å²) in [6, 6.07) is 14.2. The second-order valence-corrected chi connectivity index (χ2v) is 7.76. The number of esters is 1. The van der Waals surface area contributed by atoms with E-state index in [1.54, 1.807) is 19.1 Å². The highest BCUT2D eigenvalue weighted by atomic mass is 35.5. The molecule has 2 aromatic carbocycles. The van der Waals surface area contributed by atoms with Crippen LogP contribution >= 0.6 is 34.8 Å². The Morgan fingerprint density at radius 3 is 2.50 bits per heavy atom. The summed E-state index contributed by atoms with van der Waals surface area (Å²) in [5.74, 6) is -1.28. The summed E-state index contributed by atoms with van der Waals surface area (Å²) in [7, 11) is 0. The first-order chi connectivity index (χ1) is 14.3. The van der Waals surface area contributed by atoms with E-state index in [1.165, 1.54) is 17.7 Å². The molecule has 1 N–H and O–H groups in total. The number of nitrogens with zero attached hydrogens (tertiary/aromatic N) is 2. The Balaban J connectivity index is 1.69. The fraction of sp³-hybridized carbons (Fsp3) is 0.190. The van der Waals surface area contributed by atoms with Crippen LogP contribution in [0.4, 0.5) is 5.69 Å². The minimum Gasteiger partial charge on any atom is -0.449 e. The highest BCUT2D eigenvalue weighted by Gasteiger charge is 2.26. The van der Waals surface area contributed by atoms with Gasteiger partial charge in [0, 0.05) is 5.02 Å². The summed E-state index contributed by atoms with van der Waals surface area (Å²) >= 11 is 18.3. The van der Waals surface area contributed by atoms with Gasteiger partial charge in [-0.15, -0.1) is 0 Å². The lowest BCUT2D eigenvalue weighted by Crippen LogP contribution is -2.30. The lowest BCUT2D eigenvalue weighted by molar-refractivity contribution is -0.123. The van der Waals surface area contributed by atoms with Crippen LogP contribution in [0.3, 0.4) is 0 Å². The van der Waals surface area contributed by atoms with Gasteiger partial charge in [-0.1, -0.05) is 65.1 Å². The maximum absolute atomic E-state index is 12.6. The van der Waals surface area contributed by atoms with Gasteiger partial charge >= 0.3 is 5.97 Å².